The molecule has 5 heteroatoms. The van der Waals surface area contributed by atoms with Crippen LogP contribution in [-0.2, 0) is 4.43 Å². The van der Waals surface area contributed by atoms with E-state index in [1.54, 1.807) is 30.5 Å². The number of carbonyl (C=O) groups is 2. The SMILES string of the molecule is CC(C)[Si](O/C=C\N1C(=O)c2ccccc2C1=O)(C(C)C)C(C)C. The molecule has 1 heterocycles. The third-order valence-electron chi connectivity index (χ3n) is 5.01. The second-order valence-electron chi connectivity index (χ2n) is 7.25. The van der Waals surface area contributed by atoms with E-state index >= 15 is 0 Å². The molecule has 0 spiro atoms. The van der Waals surface area contributed by atoms with Gasteiger partial charge < -0.3 is 4.43 Å². The van der Waals surface area contributed by atoms with Gasteiger partial charge in [0.05, 0.1) is 17.4 Å². The molecule has 0 N–H and O–H groups in total. The molecular weight excluding hydrogens is 318 g/mol. The fourth-order valence-corrected chi connectivity index (χ4v) is 9.07. The molecule has 0 aliphatic carbocycles. The maximum atomic E-state index is 12.4. The van der Waals surface area contributed by atoms with Crippen molar-refractivity contribution in [2.24, 2.45) is 0 Å². The zero-order chi connectivity index (χ0) is 18.1. The first-order chi connectivity index (χ1) is 11.2. The second-order valence-corrected chi connectivity index (χ2v) is 12.7. The van der Waals surface area contributed by atoms with E-state index < -0.39 is 8.32 Å². The van der Waals surface area contributed by atoms with Crippen LogP contribution in [0, 0.1) is 0 Å². The summed E-state index contributed by atoms with van der Waals surface area (Å²) in [4.78, 5) is 25.9. The first-order valence-electron chi connectivity index (χ1n) is 8.54. The summed E-state index contributed by atoms with van der Waals surface area (Å²) >= 11 is 0. The van der Waals surface area contributed by atoms with Crippen LogP contribution in [0.3, 0.4) is 0 Å². The molecule has 1 aromatic rings. The largest absolute Gasteiger partial charge is 0.547 e. The van der Waals surface area contributed by atoms with Gasteiger partial charge in [0.2, 0.25) is 0 Å². The van der Waals surface area contributed by atoms with E-state index in [0.717, 1.165) is 4.90 Å². The molecule has 0 radical (unpaired) electrons. The van der Waals surface area contributed by atoms with Crippen molar-refractivity contribution in [1.29, 1.82) is 0 Å². The maximum Gasteiger partial charge on any atom is 0.265 e. The van der Waals surface area contributed by atoms with Crippen LogP contribution in [0.15, 0.2) is 36.7 Å². The molecule has 0 fully saturated rings. The predicted molar refractivity (Wildman–Crippen MR) is 98.2 cm³/mol. The van der Waals surface area contributed by atoms with Gasteiger partial charge in [-0.15, -0.1) is 0 Å². The minimum atomic E-state index is -2.06. The summed E-state index contributed by atoms with van der Waals surface area (Å²) in [7, 11) is -2.06. The van der Waals surface area contributed by atoms with Gasteiger partial charge in [-0.25, -0.2) is 4.90 Å². The fraction of sp³-hybridized carbons (Fsp3) is 0.474. The van der Waals surface area contributed by atoms with Gasteiger partial charge in [-0.05, 0) is 28.8 Å². The Morgan fingerprint density at radius 2 is 1.29 bits per heavy atom. The maximum absolute atomic E-state index is 12.4. The molecule has 4 nitrogen and oxygen atoms in total. The monoisotopic (exact) mass is 345 g/mol. The van der Waals surface area contributed by atoms with Crippen LogP contribution >= 0.6 is 0 Å². The average Bonchev–Trinajstić information content (AvgIpc) is 2.75. The fourth-order valence-electron chi connectivity index (χ4n) is 3.96. The highest BCUT2D eigenvalue weighted by Gasteiger charge is 2.46. The Morgan fingerprint density at radius 1 is 0.875 bits per heavy atom. The van der Waals surface area contributed by atoms with E-state index in [-0.39, 0.29) is 11.8 Å². The van der Waals surface area contributed by atoms with Crippen LogP contribution in [0.25, 0.3) is 0 Å². The van der Waals surface area contributed by atoms with Crippen LogP contribution < -0.4 is 0 Å². The van der Waals surface area contributed by atoms with Gasteiger partial charge in [0.25, 0.3) is 20.1 Å². The summed E-state index contributed by atoms with van der Waals surface area (Å²) in [6, 6.07) is 6.89. The Labute approximate surface area is 145 Å². The van der Waals surface area contributed by atoms with Crippen LogP contribution in [0.5, 0.6) is 0 Å². The van der Waals surface area contributed by atoms with Crippen LogP contribution in [0.1, 0.15) is 62.3 Å². The number of nitrogens with zero attached hydrogens (tertiary/aromatic N) is 1. The van der Waals surface area contributed by atoms with E-state index in [9.17, 15) is 9.59 Å². The van der Waals surface area contributed by atoms with Crippen LogP contribution in [-0.4, -0.2) is 25.0 Å². The topological polar surface area (TPSA) is 46.6 Å². The highest BCUT2D eigenvalue weighted by Crippen LogP contribution is 2.42. The van der Waals surface area contributed by atoms with Gasteiger partial charge in [-0.1, -0.05) is 53.7 Å². The Hall–Kier alpha value is -1.88. The number of fused-ring (bicyclic) bond motifs is 1. The Bertz CT molecular complexity index is 608. The summed E-state index contributed by atoms with van der Waals surface area (Å²) in [5.74, 6) is -0.581. The third kappa shape index (κ3) is 2.93. The van der Waals surface area contributed by atoms with Crippen molar-refractivity contribution in [3.8, 4) is 0 Å². The van der Waals surface area contributed by atoms with Gasteiger partial charge in [0.15, 0.2) is 0 Å². The van der Waals surface area contributed by atoms with Crippen molar-refractivity contribution < 1.29 is 14.0 Å². The Morgan fingerprint density at radius 3 is 1.67 bits per heavy atom. The van der Waals surface area contributed by atoms with Gasteiger partial charge in [-0.3, -0.25) is 9.59 Å². The van der Waals surface area contributed by atoms with Crippen LogP contribution in [0.4, 0.5) is 0 Å². The summed E-state index contributed by atoms with van der Waals surface area (Å²) in [5, 5.41) is 0. The molecule has 1 aliphatic heterocycles. The highest BCUT2D eigenvalue weighted by atomic mass is 28.4. The first-order valence-corrected chi connectivity index (χ1v) is 10.7. The Balaban J connectivity index is 2.23. The number of amides is 2. The van der Waals surface area contributed by atoms with E-state index in [1.807, 2.05) is 0 Å². The highest BCUT2D eigenvalue weighted by molar-refractivity contribution is 6.77. The number of benzene rings is 1. The second kappa shape index (κ2) is 6.93. The quantitative estimate of drug-likeness (QED) is 0.416. The van der Waals surface area contributed by atoms with E-state index in [0.29, 0.717) is 27.8 Å². The molecule has 0 atom stereocenters. The number of carbonyl (C=O) groups excluding carboxylic acids is 2. The van der Waals surface area contributed by atoms with Crippen LogP contribution in [0.2, 0.25) is 16.6 Å². The minimum Gasteiger partial charge on any atom is -0.547 e. The lowest BCUT2D eigenvalue weighted by atomic mass is 10.1. The standard InChI is InChI=1S/C19H27NO3Si/c1-13(2)24(14(3)4,15(5)6)23-12-11-20-18(21)16-9-7-8-10-17(16)19(20)22/h7-15H,1-6H3/b12-11-. The van der Waals surface area contributed by atoms with Crippen molar-refractivity contribution in [1.82, 2.24) is 4.90 Å². The number of rotatable bonds is 6. The van der Waals surface area contributed by atoms with E-state index in [1.165, 1.54) is 6.20 Å². The molecule has 0 aromatic heterocycles. The molecule has 1 aromatic carbocycles. The third-order valence-corrected chi connectivity index (χ3v) is 11.0. The smallest absolute Gasteiger partial charge is 0.265 e. The lowest BCUT2D eigenvalue weighted by Gasteiger charge is -2.41. The molecule has 0 saturated carbocycles. The first kappa shape index (κ1) is 18.5. The van der Waals surface area contributed by atoms with E-state index in [4.69, 9.17) is 4.43 Å². The zero-order valence-corrected chi connectivity index (χ0v) is 16.4. The molecular formula is C19H27NO3Si. The van der Waals surface area contributed by atoms with Gasteiger partial charge in [0, 0.05) is 6.20 Å². The van der Waals surface area contributed by atoms with E-state index in [2.05, 4.69) is 41.5 Å². The number of hydrogen-bond donors (Lipinski definition) is 0. The van der Waals surface area contributed by atoms with Crippen molar-refractivity contribution in [2.45, 2.75) is 58.2 Å². The predicted octanol–water partition coefficient (Wildman–Crippen LogP) is 4.95. The lowest BCUT2D eigenvalue weighted by molar-refractivity contribution is 0.0718. The summed E-state index contributed by atoms with van der Waals surface area (Å²) in [6.07, 6.45) is 3.05. The average molecular weight is 346 g/mol. The van der Waals surface area contributed by atoms with Gasteiger partial charge in [0.1, 0.15) is 0 Å². The van der Waals surface area contributed by atoms with Crippen molar-refractivity contribution in [3.63, 3.8) is 0 Å². The molecule has 24 heavy (non-hydrogen) atoms. The molecule has 0 bridgehead atoms. The van der Waals surface area contributed by atoms with Crippen molar-refractivity contribution in [2.75, 3.05) is 0 Å². The molecule has 2 amide bonds. The molecule has 0 unspecified atom stereocenters. The van der Waals surface area contributed by atoms with Gasteiger partial charge >= 0.3 is 0 Å². The van der Waals surface area contributed by atoms with Crippen molar-refractivity contribution >= 4 is 20.1 Å². The summed E-state index contributed by atoms with van der Waals surface area (Å²) < 4.78 is 6.28. The normalized spacial score (nSPS) is 15.3. The molecule has 1 aliphatic rings. The lowest BCUT2D eigenvalue weighted by Crippen LogP contribution is -2.46. The molecule has 2 rings (SSSR count). The number of imide groups is 1. The van der Waals surface area contributed by atoms with Gasteiger partial charge in [-0.2, -0.15) is 0 Å². The summed E-state index contributed by atoms with van der Waals surface area (Å²) in [6.45, 7) is 13.2. The Kier molecular flexibility index (Phi) is 5.33. The molecule has 0 saturated heterocycles. The number of hydrogen-bond acceptors (Lipinski definition) is 3. The zero-order valence-electron chi connectivity index (χ0n) is 15.4. The van der Waals surface area contributed by atoms with Crippen molar-refractivity contribution in [3.05, 3.63) is 47.9 Å². The molecule has 130 valence electrons. The minimum absolute atomic E-state index is 0.290. The summed E-state index contributed by atoms with van der Waals surface area (Å²) in [5.41, 5.74) is 2.21.